The number of allylic oxidation sites excluding steroid dienone is 1. The molecule has 0 spiro atoms. The van der Waals surface area contributed by atoms with Crippen LogP contribution in [0.1, 0.15) is 48.0 Å². The number of ether oxygens (including phenoxy) is 1. The van der Waals surface area contributed by atoms with Gasteiger partial charge in [-0.1, -0.05) is 30.7 Å². The molecule has 0 saturated carbocycles. The third-order valence-electron chi connectivity index (χ3n) is 7.46. The zero-order chi connectivity index (χ0) is 31.6. The van der Waals surface area contributed by atoms with Crippen LogP contribution in [0.25, 0.3) is 33.6 Å². The van der Waals surface area contributed by atoms with E-state index >= 15 is 0 Å². The molecule has 0 bridgehead atoms. The minimum absolute atomic E-state index is 0.200. The van der Waals surface area contributed by atoms with Crippen molar-refractivity contribution in [1.29, 1.82) is 0 Å². The first-order valence-corrected chi connectivity index (χ1v) is 15.2. The zero-order valence-electron chi connectivity index (χ0n) is 24.9. The van der Waals surface area contributed by atoms with Gasteiger partial charge in [-0.05, 0) is 56.2 Å². The summed E-state index contributed by atoms with van der Waals surface area (Å²) in [4.78, 5) is 35.0. The number of methoxy groups -OCH3 is 1. The molecule has 0 atom stereocenters. The lowest BCUT2D eigenvalue weighted by atomic mass is 10.0. The number of hydrogen-bond donors (Lipinski definition) is 1. The lowest BCUT2D eigenvalue weighted by Gasteiger charge is -2.29. The van der Waals surface area contributed by atoms with Crippen LogP contribution in [0.5, 0.6) is 5.75 Å². The van der Waals surface area contributed by atoms with E-state index in [1.54, 1.807) is 34.1 Å². The van der Waals surface area contributed by atoms with Crippen LogP contribution in [0, 0.1) is 0 Å². The Hall–Kier alpha value is -4.22. The number of amides is 1. The van der Waals surface area contributed by atoms with Crippen molar-refractivity contribution in [1.82, 2.24) is 19.8 Å². The van der Waals surface area contributed by atoms with Gasteiger partial charge in [0.05, 0.1) is 40.9 Å². The fourth-order valence-corrected chi connectivity index (χ4v) is 6.02. The van der Waals surface area contributed by atoms with Crippen LogP contribution in [0.3, 0.4) is 0 Å². The number of benzene rings is 2. The maximum Gasteiger partial charge on any atom is 0.416 e. The van der Waals surface area contributed by atoms with E-state index in [-0.39, 0.29) is 17.0 Å². The summed E-state index contributed by atoms with van der Waals surface area (Å²) in [5.41, 5.74) is 3.23. The third-order valence-corrected chi connectivity index (χ3v) is 8.33. The maximum atomic E-state index is 14.5. The van der Waals surface area contributed by atoms with Gasteiger partial charge in [0.1, 0.15) is 10.8 Å². The largest absolute Gasteiger partial charge is 0.497 e. The highest BCUT2D eigenvalue weighted by Gasteiger charge is 2.30. The second kappa shape index (κ2) is 12.8. The zero-order valence-corrected chi connectivity index (χ0v) is 25.7. The van der Waals surface area contributed by atoms with E-state index in [1.165, 1.54) is 23.5 Å². The van der Waals surface area contributed by atoms with Crippen LogP contribution in [0.4, 0.5) is 13.2 Å². The van der Waals surface area contributed by atoms with Gasteiger partial charge in [0.25, 0.3) is 11.5 Å². The molecule has 0 aliphatic carbocycles. The van der Waals surface area contributed by atoms with Crippen LogP contribution in [-0.4, -0.2) is 53.6 Å². The highest BCUT2D eigenvalue weighted by Crippen LogP contribution is 2.34. The highest BCUT2D eigenvalue weighted by molar-refractivity contribution is 7.13. The van der Waals surface area contributed by atoms with E-state index in [4.69, 9.17) is 4.74 Å². The number of alkyl halides is 3. The van der Waals surface area contributed by atoms with E-state index in [9.17, 15) is 22.8 Å². The van der Waals surface area contributed by atoms with Crippen LogP contribution < -0.4 is 15.6 Å². The molecule has 1 fully saturated rings. The summed E-state index contributed by atoms with van der Waals surface area (Å²) in [6, 6.07) is 11.9. The van der Waals surface area contributed by atoms with Gasteiger partial charge in [0, 0.05) is 43.2 Å². The first-order valence-electron chi connectivity index (χ1n) is 14.3. The smallest absolute Gasteiger partial charge is 0.416 e. The number of hydrogen-bond acceptors (Lipinski definition) is 6. The van der Waals surface area contributed by atoms with Gasteiger partial charge < -0.3 is 15.0 Å². The molecule has 11 heteroatoms. The number of carbonyl (C=O) groups is 1. The second-order valence-electron chi connectivity index (χ2n) is 10.7. The summed E-state index contributed by atoms with van der Waals surface area (Å²) in [5, 5.41) is 5.32. The fraction of sp³-hybridized carbons (Fsp3) is 0.303. The molecule has 0 unspecified atom stereocenters. The summed E-state index contributed by atoms with van der Waals surface area (Å²) >= 11 is 1.20. The monoisotopic (exact) mass is 622 g/mol. The van der Waals surface area contributed by atoms with Crippen LogP contribution >= 0.6 is 11.3 Å². The standard InChI is InChI=1S/C33H33F3N4O3S/c1-5-21-8-11-24(43-4)17-28(21)40-29(16-20(2)3)25(31(41)39-14-12-37-13-15-39)18-26(32(40)42)30-38-27(19-44-30)22-6-9-23(10-7-22)33(34,35)36/h6-11,16-19,37H,5,12-15H2,1-4H3. The lowest BCUT2D eigenvalue weighted by Crippen LogP contribution is -2.47. The van der Waals surface area contributed by atoms with Crippen LogP contribution in [-0.2, 0) is 12.6 Å². The number of carbonyl (C=O) groups excluding carboxylic acids is 1. The van der Waals surface area contributed by atoms with Gasteiger partial charge in [0.2, 0.25) is 0 Å². The molecule has 7 nitrogen and oxygen atoms in total. The number of nitrogens with zero attached hydrogens (tertiary/aromatic N) is 3. The Balaban J connectivity index is 1.75. The normalized spacial score (nSPS) is 13.6. The Morgan fingerprint density at radius 1 is 1.09 bits per heavy atom. The number of aryl methyl sites for hydroxylation is 1. The van der Waals surface area contributed by atoms with E-state index in [0.29, 0.717) is 71.6 Å². The molecular formula is C33H33F3N4O3S. The van der Waals surface area contributed by atoms with Gasteiger partial charge >= 0.3 is 6.18 Å². The van der Waals surface area contributed by atoms with Gasteiger partial charge in [-0.2, -0.15) is 13.2 Å². The van der Waals surface area contributed by atoms with Crippen molar-refractivity contribution in [3.8, 4) is 33.3 Å². The first-order chi connectivity index (χ1) is 21.0. The summed E-state index contributed by atoms with van der Waals surface area (Å²) in [6.07, 6.45) is -1.98. The minimum atomic E-state index is -4.45. The number of piperazine rings is 1. The molecule has 4 aromatic rings. The number of nitrogens with one attached hydrogen (secondary N) is 1. The Morgan fingerprint density at radius 2 is 1.80 bits per heavy atom. The van der Waals surface area contributed by atoms with Crippen molar-refractivity contribution in [3.63, 3.8) is 0 Å². The molecule has 230 valence electrons. The lowest BCUT2D eigenvalue weighted by molar-refractivity contribution is -0.137. The molecule has 2 aromatic heterocycles. The predicted octanol–water partition coefficient (Wildman–Crippen LogP) is 6.69. The third kappa shape index (κ3) is 6.34. The quantitative estimate of drug-likeness (QED) is 0.249. The molecule has 1 aliphatic heterocycles. The number of pyridine rings is 1. The molecule has 1 saturated heterocycles. The summed E-state index contributed by atoms with van der Waals surface area (Å²) in [7, 11) is 1.55. The van der Waals surface area contributed by atoms with Crippen molar-refractivity contribution in [3.05, 3.63) is 92.2 Å². The Kier molecular flexibility index (Phi) is 9.07. The number of rotatable bonds is 7. The van der Waals surface area contributed by atoms with Gasteiger partial charge in [-0.25, -0.2) is 4.98 Å². The Bertz CT molecular complexity index is 1760. The van der Waals surface area contributed by atoms with E-state index in [1.807, 2.05) is 39.0 Å². The van der Waals surface area contributed by atoms with E-state index in [2.05, 4.69) is 10.3 Å². The molecule has 44 heavy (non-hydrogen) atoms. The fourth-order valence-electron chi connectivity index (χ4n) is 5.19. The Labute approximate surface area is 257 Å². The average Bonchev–Trinajstić information content (AvgIpc) is 3.51. The SMILES string of the molecule is CCc1ccc(OC)cc1-n1c(C=C(C)C)c(C(=O)N2CCNCC2)cc(-c2nc(-c3ccc(C(F)(F)F)cc3)cs2)c1=O. The molecule has 1 amide bonds. The molecule has 1 N–H and O–H groups in total. The molecule has 1 aliphatic rings. The summed E-state index contributed by atoms with van der Waals surface area (Å²) in [5.74, 6) is 0.362. The van der Waals surface area contributed by atoms with Gasteiger partial charge in [-0.15, -0.1) is 11.3 Å². The van der Waals surface area contributed by atoms with E-state index in [0.717, 1.165) is 23.3 Å². The highest BCUT2D eigenvalue weighted by atomic mass is 32.1. The summed E-state index contributed by atoms with van der Waals surface area (Å²) < 4.78 is 46.5. The maximum absolute atomic E-state index is 14.5. The van der Waals surface area contributed by atoms with Gasteiger partial charge in [-0.3, -0.25) is 14.2 Å². The Morgan fingerprint density at radius 3 is 2.41 bits per heavy atom. The molecule has 2 aromatic carbocycles. The molecule has 5 rings (SSSR count). The van der Waals surface area contributed by atoms with Crippen molar-refractivity contribution >= 4 is 23.3 Å². The van der Waals surface area contributed by atoms with E-state index < -0.39 is 11.7 Å². The number of thiazole rings is 1. The predicted molar refractivity (Wildman–Crippen MR) is 168 cm³/mol. The molecule has 3 heterocycles. The van der Waals surface area contributed by atoms with Crippen LogP contribution in [0.2, 0.25) is 0 Å². The van der Waals surface area contributed by atoms with Crippen molar-refractivity contribution in [2.45, 2.75) is 33.4 Å². The topological polar surface area (TPSA) is 76.5 Å². The number of halogens is 3. The number of aromatic nitrogens is 2. The summed E-state index contributed by atoms with van der Waals surface area (Å²) in [6.45, 7) is 8.18. The van der Waals surface area contributed by atoms with Crippen LogP contribution in [0.15, 0.2) is 64.3 Å². The first kappa shape index (κ1) is 31.2. The minimum Gasteiger partial charge on any atom is -0.497 e. The van der Waals surface area contributed by atoms with Crippen molar-refractivity contribution < 1.29 is 22.7 Å². The molecule has 0 radical (unpaired) electrons. The van der Waals surface area contributed by atoms with Gasteiger partial charge in [0.15, 0.2) is 0 Å². The van der Waals surface area contributed by atoms with Crippen molar-refractivity contribution in [2.75, 3.05) is 33.3 Å². The second-order valence-corrected chi connectivity index (χ2v) is 11.6. The molecular weight excluding hydrogens is 589 g/mol. The average molecular weight is 623 g/mol. The van der Waals surface area contributed by atoms with Crippen molar-refractivity contribution in [2.24, 2.45) is 0 Å².